The third kappa shape index (κ3) is 3.84. The van der Waals surface area contributed by atoms with Crippen LogP contribution in [-0.4, -0.2) is 41.6 Å². The van der Waals surface area contributed by atoms with Crippen molar-refractivity contribution in [3.8, 4) is 5.75 Å². The highest BCUT2D eigenvalue weighted by Crippen LogP contribution is 2.24. The Morgan fingerprint density at radius 3 is 2.75 bits per heavy atom. The molecule has 6 heteroatoms. The van der Waals surface area contributed by atoms with Crippen LogP contribution in [0, 0.1) is 19.8 Å². The van der Waals surface area contributed by atoms with E-state index in [2.05, 4.69) is 15.0 Å². The molecule has 1 rings (SSSR count). The molecule has 0 fully saturated rings. The highest BCUT2D eigenvalue weighted by molar-refractivity contribution is 5.82. The largest absolute Gasteiger partial charge is 0.496 e. The Morgan fingerprint density at radius 2 is 2.20 bits per heavy atom. The van der Waals surface area contributed by atoms with E-state index in [4.69, 9.17) is 15.7 Å². The summed E-state index contributed by atoms with van der Waals surface area (Å²) in [5, 5.41) is 11.7. The maximum absolute atomic E-state index is 8.67. The topological polar surface area (TPSA) is 84.0 Å². The number of amidine groups is 1. The molecule has 3 N–H and O–H groups in total. The van der Waals surface area contributed by atoms with Crippen LogP contribution in [-0.2, 0) is 6.54 Å². The van der Waals surface area contributed by atoms with Crippen LogP contribution < -0.4 is 10.5 Å². The number of hydrogen-bond acceptors (Lipinski definition) is 5. The number of nitrogens with zero attached hydrogens (tertiary/aromatic N) is 3. The number of aromatic nitrogens is 1. The minimum atomic E-state index is -0.0161. The maximum atomic E-state index is 8.67. The van der Waals surface area contributed by atoms with E-state index in [1.807, 2.05) is 34.0 Å². The van der Waals surface area contributed by atoms with E-state index < -0.39 is 0 Å². The summed E-state index contributed by atoms with van der Waals surface area (Å²) in [5.74, 6) is 1.11. The third-order valence-electron chi connectivity index (χ3n) is 3.38. The smallest absolute Gasteiger partial charge is 0.143 e. The summed E-state index contributed by atoms with van der Waals surface area (Å²) in [6, 6.07) is 0. The molecule has 1 atom stereocenters. The van der Waals surface area contributed by atoms with Crippen LogP contribution in [0.1, 0.15) is 23.7 Å². The highest BCUT2D eigenvalue weighted by Gasteiger charge is 2.14. The van der Waals surface area contributed by atoms with E-state index in [9.17, 15) is 0 Å². The van der Waals surface area contributed by atoms with Crippen molar-refractivity contribution < 1.29 is 9.94 Å². The molecule has 0 aliphatic rings. The van der Waals surface area contributed by atoms with Crippen molar-refractivity contribution in [3.05, 3.63) is 23.0 Å². The van der Waals surface area contributed by atoms with E-state index in [-0.39, 0.29) is 11.8 Å². The van der Waals surface area contributed by atoms with E-state index in [0.29, 0.717) is 13.1 Å². The highest BCUT2D eigenvalue weighted by atomic mass is 16.5. The van der Waals surface area contributed by atoms with Gasteiger partial charge in [-0.2, -0.15) is 0 Å². The number of pyridine rings is 1. The lowest BCUT2D eigenvalue weighted by atomic mass is 10.1. The van der Waals surface area contributed by atoms with Gasteiger partial charge < -0.3 is 15.7 Å². The molecule has 0 saturated carbocycles. The van der Waals surface area contributed by atoms with Crippen molar-refractivity contribution in [1.82, 2.24) is 9.88 Å². The molecule has 0 bridgehead atoms. The van der Waals surface area contributed by atoms with Gasteiger partial charge >= 0.3 is 0 Å². The van der Waals surface area contributed by atoms with Crippen molar-refractivity contribution in [2.75, 3.05) is 20.7 Å². The number of ether oxygens (including phenoxy) is 1. The molecule has 1 unspecified atom stereocenters. The zero-order valence-electron chi connectivity index (χ0n) is 12.8. The van der Waals surface area contributed by atoms with Crippen LogP contribution in [0.15, 0.2) is 11.4 Å². The molecule has 112 valence electrons. The molecular weight excluding hydrogens is 256 g/mol. The molecule has 1 aromatic rings. The van der Waals surface area contributed by atoms with Gasteiger partial charge in [-0.05, 0) is 20.9 Å². The van der Waals surface area contributed by atoms with Crippen LogP contribution in [0.3, 0.4) is 0 Å². The van der Waals surface area contributed by atoms with E-state index in [1.165, 1.54) is 0 Å². The van der Waals surface area contributed by atoms with Crippen LogP contribution in [0.2, 0.25) is 0 Å². The molecule has 0 aliphatic carbocycles. The molecule has 6 nitrogen and oxygen atoms in total. The average molecular weight is 280 g/mol. The first-order valence-corrected chi connectivity index (χ1v) is 6.55. The second-order valence-corrected chi connectivity index (χ2v) is 5.17. The molecular formula is C14H24N4O2. The molecule has 0 amide bonds. The quantitative estimate of drug-likeness (QED) is 0.357. The minimum Gasteiger partial charge on any atom is -0.496 e. The minimum absolute atomic E-state index is 0.0161. The predicted molar refractivity (Wildman–Crippen MR) is 79.2 cm³/mol. The van der Waals surface area contributed by atoms with Gasteiger partial charge in [-0.25, -0.2) is 0 Å². The van der Waals surface area contributed by atoms with E-state index in [0.717, 1.165) is 22.6 Å². The summed E-state index contributed by atoms with van der Waals surface area (Å²) < 4.78 is 5.40. The Labute approximate surface area is 120 Å². The predicted octanol–water partition coefficient (Wildman–Crippen LogP) is 1.52. The Morgan fingerprint density at radius 1 is 1.55 bits per heavy atom. The van der Waals surface area contributed by atoms with Gasteiger partial charge in [0.2, 0.25) is 0 Å². The molecule has 0 spiro atoms. The lowest BCUT2D eigenvalue weighted by Gasteiger charge is -2.21. The second-order valence-electron chi connectivity index (χ2n) is 5.17. The molecule has 0 radical (unpaired) electrons. The average Bonchev–Trinajstić information content (AvgIpc) is 2.41. The molecule has 1 heterocycles. The van der Waals surface area contributed by atoms with Crippen LogP contribution in [0.25, 0.3) is 0 Å². The Balaban J connectivity index is 2.79. The number of hydrogen-bond donors (Lipinski definition) is 2. The zero-order valence-corrected chi connectivity index (χ0v) is 12.8. The van der Waals surface area contributed by atoms with Crippen molar-refractivity contribution in [1.29, 1.82) is 0 Å². The van der Waals surface area contributed by atoms with Crippen molar-refractivity contribution >= 4 is 5.84 Å². The van der Waals surface area contributed by atoms with Gasteiger partial charge in [-0.1, -0.05) is 12.1 Å². The fourth-order valence-corrected chi connectivity index (χ4v) is 2.21. The van der Waals surface area contributed by atoms with Crippen molar-refractivity contribution in [3.63, 3.8) is 0 Å². The summed E-state index contributed by atoms with van der Waals surface area (Å²) >= 11 is 0. The Hall–Kier alpha value is -1.82. The summed E-state index contributed by atoms with van der Waals surface area (Å²) in [7, 11) is 3.65. The van der Waals surface area contributed by atoms with Gasteiger partial charge in [-0.15, -0.1) is 0 Å². The molecule has 20 heavy (non-hydrogen) atoms. The summed E-state index contributed by atoms with van der Waals surface area (Å²) in [6.45, 7) is 7.28. The number of nitrogens with two attached hydrogens (primary N) is 1. The molecule has 0 aliphatic heterocycles. The van der Waals surface area contributed by atoms with E-state index in [1.54, 1.807) is 7.11 Å². The van der Waals surface area contributed by atoms with Gasteiger partial charge in [0.1, 0.15) is 11.6 Å². The number of aryl methyl sites for hydroxylation is 1. The second kappa shape index (κ2) is 7.09. The fourth-order valence-electron chi connectivity index (χ4n) is 2.21. The third-order valence-corrected chi connectivity index (χ3v) is 3.38. The van der Waals surface area contributed by atoms with Gasteiger partial charge in [0.15, 0.2) is 0 Å². The zero-order chi connectivity index (χ0) is 15.3. The Kier molecular flexibility index (Phi) is 5.76. The maximum Gasteiger partial charge on any atom is 0.143 e. The van der Waals surface area contributed by atoms with Gasteiger partial charge in [-0.3, -0.25) is 9.88 Å². The Bertz CT molecular complexity index is 488. The fraction of sp³-hybridized carbons (Fsp3) is 0.571. The SMILES string of the molecule is COc1c(C)cnc(CN(C)CC(C)C(N)=NO)c1C. The van der Waals surface area contributed by atoms with Crippen LogP contribution in [0.5, 0.6) is 5.75 Å². The lowest BCUT2D eigenvalue weighted by molar-refractivity contribution is 0.287. The standard InChI is InChI=1S/C14H24N4O2/c1-9-6-16-12(11(3)13(9)20-5)8-18(4)7-10(2)14(15)17-19/h6,10,19H,7-8H2,1-5H3,(H2,15,17). The van der Waals surface area contributed by atoms with E-state index >= 15 is 0 Å². The molecule has 0 aromatic carbocycles. The summed E-state index contributed by atoms with van der Waals surface area (Å²) in [5.41, 5.74) is 8.65. The first-order chi connectivity index (χ1) is 9.40. The van der Waals surface area contributed by atoms with Gasteiger partial charge in [0.25, 0.3) is 0 Å². The summed E-state index contributed by atoms with van der Waals surface area (Å²) in [4.78, 5) is 6.56. The first kappa shape index (κ1) is 16.2. The van der Waals surface area contributed by atoms with Crippen LogP contribution in [0.4, 0.5) is 0 Å². The van der Waals surface area contributed by atoms with Crippen molar-refractivity contribution in [2.24, 2.45) is 16.8 Å². The van der Waals surface area contributed by atoms with Gasteiger partial charge in [0, 0.05) is 36.3 Å². The number of rotatable bonds is 6. The molecule has 0 saturated heterocycles. The normalized spacial score (nSPS) is 13.6. The lowest BCUT2D eigenvalue weighted by Crippen LogP contribution is -2.32. The summed E-state index contributed by atoms with van der Waals surface area (Å²) in [6.07, 6.45) is 1.82. The number of oxime groups is 1. The van der Waals surface area contributed by atoms with Gasteiger partial charge in [0.05, 0.1) is 12.8 Å². The molecule has 1 aromatic heterocycles. The monoisotopic (exact) mass is 280 g/mol. The number of methoxy groups -OCH3 is 1. The first-order valence-electron chi connectivity index (χ1n) is 6.55. The van der Waals surface area contributed by atoms with Crippen LogP contribution >= 0.6 is 0 Å². The van der Waals surface area contributed by atoms with Crippen molar-refractivity contribution in [2.45, 2.75) is 27.3 Å².